The van der Waals surface area contributed by atoms with Crippen molar-refractivity contribution < 1.29 is 19.1 Å². The van der Waals surface area contributed by atoms with E-state index in [4.69, 9.17) is 4.74 Å². The van der Waals surface area contributed by atoms with Crippen LogP contribution in [0.5, 0.6) is 0 Å². The van der Waals surface area contributed by atoms with E-state index in [0.717, 1.165) is 12.8 Å². The number of para-hydroxylation sites is 1. The molecule has 1 aromatic heterocycles. The van der Waals surface area contributed by atoms with Gasteiger partial charge in [0.25, 0.3) is 5.91 Å². The second-order valence-corrected chi connectivity index (χ2v) is 8.00. The average Bonchev–Trinajstić information content (AvgIpc) is 3.15. The predicted molar refractivity (Wildman–Crippen MR) is 107 cm³/mol. The first-order valence-electron chi connectivity index (χ1n) is 9.41. The second-order valence-electron chi connectivity index (χ2n) is 6.93. The Morgan fingerprint density at radius 2 is 2.10 bits per heavy atom. The van der Waals surface area contributed by atoms with Gasteiger partial charge in [0.05, 0.1) is 11.3 Å². The molecule has 1 atom stereocenters. The first kappa shape index (κ1) is 19.5. The minimum absolute atomic E-state index is 0.158. The Kier molecular flexibility index (Phi) is 5.54. The highest BCUT2D eigenvalue weighted by Crippen LogP contribution is 2.31. The fraction of sp³-hybridized carbons (Fsp3) is 0.421. The molecule has 3 amide bonds. The number of nitrogens with one attached hydrogen (secondary N) is 1. The standard InChI is InChI=1S/C19H21N5O4S/c1-28-11-16-21-22-19(29-16)20-15(25)10-24-13-7-3-2-6-12(13)17(26)23-9-5-4-8-14(23)18(24)27/h2-3,6-7,14H,4-5,8-11H2,1H3,(H,20,22,25). The van der Waals surface area contributed by atoms with Crippen LogP contribution in [0, 0.1) is 0 Å². The number of carbonyl (C=O) groups is 3. The first-order chi connectivity index (χ1) is 14.1. The van der Waals surface area contributed by atoms with Crippen molar-refractivity contribution in [1.29, 1.82) is 0 Å². The molecule has 0 aliphatic carbocycles. The van der Waals surface area contributed by atoms with Crippen LogP contribution in [-0.4, -0.2) is 59.1 Å². The van der Waals surface area contributed by atoms with Gasteiger partial charge in [-0.05, 0) is 31.4 Å². The van der Waals surface area contributed by atoms with Crippen molar-refractivity contribution in [2.45, 2.75) is 31.9 Å². The number of benzene rings is 1. The quantitative estimate of drug-likeness (QED) is 0.796. The van der Waals surface area contributed by atoms with E-state index in [1.165, 1.54) is 16.2 Å². The van der Waals surface area contributed by atoms with E-state index in [1.54, 1.807) is 36.3 Å². The van der Waals surface area contributed by atoms with Gasteiger partial charge in [-0.1, -0.05) is 23.5 Å². The van der Waals surface area contributed by atoms with Crippen molar-refractivity contribution in [3.63, 3.8) is 0 Å². The molecule has 0 radical (unpaired) electrons. The number of fused-ring (bicyclic) bond motifs is 2. The lowest BCUT2D eigenvalue weighted by molar-refractivity contribution is -0.125. The van der Waals surface area contributed by atoms with Gasteiger partial charge in [-0.2, -0.15) is 0 Å². The van der Waals surface area contributed by atoms with E-state index in [1.807, 2.05) is 0 Å². The number of piperidine rings is 1. The van der Waals surface area contributed by atoms with E-state index in [2.05, 4.69) is 15.5 Å². The smallest absolute Gasteiger partial charge is 0.256 e. The van der Waals surface area contributed by atoms with E-state index < -0.39 is 11.9 Å². The third-order valence-corrected chi connectivity index (χ3v) is 5.83. The molecule has 10 heteroatoms. The summed E-state index contributed by atoms with van der Waals surface area (Å²) in [4.78, 5) is 42.0. The van der Waals surface area contributed by atoms with E-state index >= 15 is 0 Å². The van der Waals surface area contributed by atoms with Crippen LogP contribution in [-0.2, 0) is 20.9 Å². The number of amides is 3. The lowest BCUT2D eigenvalue weighted by Gasteiger charge is -2.34. The van der Waals surface area contributed by atoms with Crippen LogP contribution < -0.4 is 10.2 Å². The maximum atomic E-state index is 13.3. The van der Waals surface area contributed by atoms with Gasteiger partial charge < -0.3 is 14.5 Å². The Morgan fingerprint density at radius 3 is 2.93 bits per heavy atom. The van der Waals surface area contributed by atoms with Gasteiger partial charge in [-0.25, -0.2) is 0 Å². The summed E-state index contributed by atoms with van der Waals surface area (Å²) in [7, 11) is 1.55. The maximum Gasteiger partial charge on any atom is 0.256 e. The predicted octanol–water partition coefficient (Wildman–Crippen LogP) is 1.66. The maximum absolute atomic E-state index is 13.3. The summed E-state index contributed by atoms with van der Waals surface area (Å²) in [5.74, 6) is -0.782. The van der Waals surface area contributed by atoms with Crippen molar-refractivity contribution >= 4 is 39.9 Å². The Morgan fingerprint density at radius 1 is 1.28 bits per heavy atom. The molecule has 1 aromatic carbocycles. The first-order valence-corrected chi connectivity index (χ1v) is 10.2. The average molecular weight is 415 g/mol. The molecule has 29 heavy (non-hydrogen) atoms. The van der Waals surface area contributed by atoms with Crippen LogP contribution in [0.1, 0.15) is 34.6 Å². The zero-order chi connectivity index (χ0) is 20.4. The highest BCUT2D eigenvalue weighted by molar-refractivity contribution is 7.15. The lowest BCUT2D eigenvalue weighted by Crippen LogP contribution is -2.52. The molecule has 152 valence electrons. The number of nitrogens with zero attached hydrogens (tertiary/aromatic N) is 4. The molecule has 3 heterocycles. The zero-order valence-corrected chi connectivity index (χ0v) is 16.8. The Bertz CT molecular complexity index is 946. The number of rotatable bonds is 5. The fourth-order valence-electron chi connectivity index (χ4n) is 3.73. The van der Waals surface area contributed by atoms with Crippen LogP contribution in [0.15, 0.2) is 24.3 Å². The van der Waals surface area contributed by atoms with E-state index in [-0.39, 0.29) is 18.4 Å². The molecule has 2 aromatic rings. The molecule has 0 bridgehead atoms. The summed E-state index contributed by atoms with van der Waals surface area (Å²) in [6, 6.07) is 6.40. The summed E-state index contributed by atoms with van der Waals surface area (Å²) in [6.07, 6.45) is 2.36. The van der Waals surface area contributed by atoms with Crippen molar-refractivity contribution in [2.24, 2.45) is 0 Å². The Balaban J connectivity index is 1.59. The molecule has 1 unspecified atom stereocenters. The Labute approximate surface area is 171 Å². The largest absolute Gasteiger partial charge is 0.377 e. The minimum Gasteiger partial charge on any atom is -0.377 e. The van der Waals surface area contributed by atoms with Crippen molar-refractivity contribution in [1.82, 2.24) is 15.1 Å². The van der Waals surface area contributed by atoms with Crippen LogP contribution in [0.4, 0.5) is 10.8 Å². The molecule has 1 saturated heterocycles. The highest BCUT2D eigenvalue weighted by atomic mass is 32.1. The van der Waals surface area contributed by atoms with Gasteiger partial charge in [-0.3, -0.25) is 19.7 Å². The van der Waals surface area contributed by atoms with Crippen molar-refractivity contribution in [3.05, 3.63) is 34.8 Å². The Hall–Kier alpha value is -2.85. The van der Waals surface area contributed by atoms with Gasteiger partial charge in [0.15, 0.2) is 0 Å². The van der Waals surface area contributed by atoms with Gasteiger partial charge >= 0.3 is 0 Å². The third kappa shape index (κ3) is 3.85. The number of hydrogen-bond donors (Lipinski definition) is 1. The van der Waals surface area contributed by atoms with Gasteiger partial charge in [-0.15, -0.1) is 10.2 Å². The second kappa shape index (κ2) is 8.26. The molecular formula is C19H21N5O4S. The summed E-state index contributed by atoms with van der Waals surface area (Å²) >= 11 is 1.21. The number of hydrogen-bond acceptors (Lipinski definition) is 7. The fourth-order valence-corrected chi connectivity index (χ4v) is 4.45. The topological polar surface area (TPSA) is 105 Å². The summed E-state index contributed by atoms with van der Waals surface area (Å²) in [5.41, 5.74) is 0.903. The summed E-state index contributed by atoms with van der Waals surface area (Å²) in [5, 5.41) is 11.5. The summed E-state index contributed by atoms with van der Waals surface area (Å²) < 4.78 is 5.00. The number of aromatic nitrogens is 2. The lowest BCUT2D eigenvalue weighted by atomic mass is 10.0. The van der Waals surface area contributed by atoms with Gasteiger partial charge in [0, 0.05) is 13.7 Å². The van der Waals surface area contributed by atoms with Crippen LogP contribution >= 0.6 is 11.3 Å². The molecule has 9 nitrogen and oxygen atoms in total. The van der Waals surface area contributed by atoms with Gasteiger partial charge in [0.1, 0.15) is 24.2 Å². The SMILES string of the molecule is COCc1nnc(NC(=O)CN2C(=O)C3CCCCN3C(=O)c3ccccc32)s1. The number of methoxy groups -OCH3 is 1. The molecule has 0 spiro atoms. The molecule has 2 aliphatic rings. The molecule has 4 rings (SSSR count). The number of carbonyl (C=O) groups excluding carboxylic acids is 3. The zero-order valence-electron chi connectivity index (χ0n) is 16.0. The van der Waals surface area contributed by atoms with Crippen LogP contribution in [0.3, 0.4) is 0 Å². The molecule has 0 saturated carbocycles. The molecule has 1 N–H and O–H groups in total. The summed E-state index contributed by atoms with van der Waals surface area (Å²) in [6.45, 7) is 0.661. The van der Waals surface area contributed by atoms with Crippen LogP contribution in [0.2, 0.25) is 0 Å². The number of anilines is 2. The molecule has 2 aliphatic heterocycles. The normalized spacial score (nSPS) is 18.9. The third-order valence-electron chi connectivity index (χ3n) is 5.02. The molecular weight excluding hydrogens is 394 g/mol. The highest BCUT2D eigenvalue weighted by Gasteiger charge is 2.41. The van der Waals surface area contributed by atoms with Crippen LogP contribution in [0.25, 0.3) is 0 Å². The van der Waals surface area contributed by atoms with Gasteiger partial charge in [0.2, 0.25) is 16.9 Å². The molecule has 1 fully saturated rings. The minimum atomic E-state index is -0.536. The van der Waals surface area contributed by atoms with E-state index in [0.29, 0.717) is 41.0 Å². The van der Waals surface area contributed by atoms with Crippen molar-refractivity contribution in [2.75, 3.05) is 30.4 Å². The number of ether oxygens (including phenoxy) is 1. The van der Waals surface area contributed by atoms with E-state index in [9.17, 15) is 14.4 Å². The monoisotopic (exact) mass is 415 g/mol. The van der Waals surface area contributed by atoms with Crippen molar-refractivity contribution in [3.8, 4) is 0 Å².